The SMILES string of the molecule is CCC(=O)N(CCOC)CC(=O)N1N=C(c2ccc(C)c(C)c2)C[C@H]1c1ccc(OC)c(OC)c1. The molecule has 1 heterocycles. The van der Waals surface area contributed by atoms with Crippen LogP contribution in [0.25, 0.3) is 0 Å². The van der Waals surface area contributed by atoms with Crippen molar-refractivity contribution in [3.8, 4) is 11.5 Å². The summed E-state index contributed by atoms with van der Waals surface area (Å²) in [5, 5.41) is 6.27. The van der Waals surface area contributed by atoms with E-state index in [4.69, 9.17) is 19.3 Å². The number of benzene rings is 2. The number of carbonyl (C=O) groups is 2. The fourth-order valence-electron chi connectivity index (χ4n) is 4.11. The summed E-state index contributed by atoms with van der Waals surface area (Å²) >= 11 is 0. The molecule has 1 aliphatic rings. The van der Waals surface area contributed by atoms with E-state index in [2.05, 4.69) is 26.0 Å². The quantitative estimate of drug-likeness (QED) is 0.514. The monoisotopic (exact) mass is 481 g/mol. The molecule has 0 N–H and O–H groups in total. The molecule has 188 valence electrons. The summed E-state index contributed by atoms with van der Waals surface area (Å²) in [5.74, 6) is 0.846. The van der Waals surface area contributed by atoms with Crippen LogP contribution in [0.15, 0.2) is 41.5 Å². The predicted molar refractivity (Wildman–Crippen MR) is 135 cm³/mol. The van der Waals surface area contributed by atoms with E-state index in [-0.39, 0.29) is 24.4 Å². The van der Waals surface area contributed by atoms with E-state index in [0.717, 1.165) is 22.4 Å². The summed E-state index contributed by atoms with van der Waals surface area (Å²) in [6.45, 7) is 6.55. The molecule has 0 radical (unpaired) electrons. The van der Waals surface area contributed by atoms with E-state index in [1.807, 2.05) is 24.3 Å². The minimum atomic E-state index is -0.333. The second kappa shape index (κ2) is 11.8. The summed E-state index contributed by atoms with van der Waals surface area (Å²) in [7, 11) is 4.74. The number of ether oxygens (including phenoxy) is 3. The lowest BCUT2D eigenvalue weighted by Gasteiger charge is -2.27. The molecule has 0 saturated carbocycles. The maximum Gasteiger partial charge on any atom is 0.262 e. The number of nitrogens with zero attached hydrogens (tertiary/aromatic N) is 3. The first-order valence-electron chi connectivity index (χ1n) is 11.8. The van der Waals surface area contributed by atoms with Crippen LogP contribution in [0.4, 0.5) is 0 Å². The molecule has 8 heteroatoms. The van der Waals surface area contributed by atoms with Crippen LogP contribution >= 0.6 is 0 Å². The fraction of sp³-hybridized carbons (Fsp3) is 0.444. The lowest BCUT2D eigenvalue weighted by molar-refractivity contribution is -0.141. The van der Waals surface area contributed by atoms with Gasteiger partial charge < -0.3 is 19.1 Å². The molecule has 2 amide bonds. The van der Waals surface area contributed by atoms with E-state index in [1.165, 1.54) is 15.5 Å². The Hall–Kier alpha value is -3.39. The van der Waals surface area contributed by atoms with E-state index in [9.17, 15) is 9.59 Å². The van der Waals surface area contributed by atoms with Crippen molar-refractivity contribution in [3.63, 3.8) is 0 Å². The van der Waals surface area contributed by atoms with Gasteiger partial charge in [-0.3, -0.25) is 9.59 Å². The molecule has 3 rings (SSSR count). The molecule has 0 aliphatic carbocycles. The Morgan fingerprint density at radius 1 is 1.03 bits per heavy atom. The molecule has 1 atom stereocenters. The molecule has 0 bridgehead atoms. The third-order valence-electron chi connectivity index (χ3n) is 6.35. The van der Waals surface area contributed by atoms with Crippen molar-refractivity contribution < 1.29 is 23.8 Å². The Kier molecular flexibility index (Phi) is 8.87. The first kappa shape index (κ1) is 26.2. The lowest BCUT2D eigenvalue weighted by atomic mass is 9.96. The highest BCUT2D eigenvalue weighted by atomic mass is 16.5. The molecule has 0 saturated heterocycles. The highest BCUT2D eigenvalue weighted by molar-refractivity contribution is 6.03. The lowest BCUT2D eigenvalue weighted by Crippen LogP contribution is -2.42. The normalized spacial score (nSPS) is 15.1. The third kappa shape index (κ3) is 6.00. The minimum absolute atomic E-state index is 0.0659. The van der Waals surface area contributed by atoms with Gasteiger partial charge >= 0.3 is 0 Å². The Balaban J connectivity index is 1.97. The number of hydrogen-bond acceptors (Lipinski definition) is 6. The van der Waals surface area contributed by atoms with Gasteiger partial charge in [-0.2, -0.15) is 5.10 Å². The van der Waals surface area contributed by atoms with Crippen molar-refractivity contribution in [2.45, 2.75) is 39.7 Å². The van der Waals surface area contributed by atoms with Gasteiger partial charge in [-0.1, -0.05) is 25.1 Å². The summed E-state index contributed by atoms with van der Waals surface area (Å²) < 4.78 is 16.0. The highest BCUT2D eigenvalue weighted by Crippen LogP contribution is 2.37. The van der Waals surface area contributed by atoms with Gasteiger partial charge in [0.15, 0.2) is 11.5 Å². The number of aryl methyl sites for hydroxylation is 2. The number of amides is 2. The van der Waals surface area contributed by atoms with Gasteiger partial charge in [0.1, 0.15) is 6.54 Å². The number of carbonyl (C=O) groups excluding carboxylic acids is 2. The maximum atomic E-state index is 13.5. The van der Waals surface area contributed by atoms with Crippen molar-refractivity contribution in [2.75, 3.05) is 41.0 Å². The molecule has 8 nitrogen and oxygen atoms in total. The van der Waals surface area contributed by atoms with Crippen molar-refractivity contribution in [1.29, 1.82) is 0 Å². The number of rotatable bonds is 10. The first-order chi connectivity index (χ1) is 16.8. The summed E-state index contributed by atoms with van der Waals surface area (Å²) in [5.41, 5.74) is 5.05. The Morgan fingerprint density at radius 3 is 2.40 bits per heavy atom. The van der Waals surface area contributed by atoms with Crippen LogP contribution in [-0.2, 0) is 14.3 Å². The topological polar surface area (TPSA) is 80.7 Å². The van der Waals surface area contributed by atoms with Gasteiger partial charge in [0.05, 0.1) is 32.6 Å². The van der Waals surface area contributed by atoms with Crippen molar-refractivity contribution in [2.24, 2.45) is 5.10 Å². The molecule has 0 fully saturated rings. The number of methoxy groups -OCH3 is 3. The van der Waals surface area contributed by atoms with Crippen LogP contribution in [0, 0.1) is 13.8 Å². The average Bonchev–Trinajstić information content (AvgIpc) is 3.32. The number of hydrazone groups is 1. The van der Waals surface area contributed by atoms with Crippen LogP contribution in [0.2, 0.25) is 0 Å². The molecule has 2 aromatic carbocycles. The van der Waals surface area contributed by atoms with Gasteiger partial charge in [-0.05, 0) is 54.3 Å². The zero-order valence-corrected chi connectivity index (χ0v) is 21.5. The van der Waals surface area contributed by atoms with Crippen LogP contribution in [-0.4, -0.2) is 68.5 Å². The maximum absolute atomic E-state index is 13.5. The molecule has 2 aromatic rings. The summed E-state index contributed by atoms with van der Waals surface area (Å²) in [6.07, 6.45) is 0.858. The predicted octanol–water partition coefficient (Wildman–Crippen LogP) is 3.88. The van der Waals surface area contributed by atoms with E-state index >= 15 is 0 Å². The minimum Gasteiger partial charge on any atom is -0.493 e. The Morgan fingerprint density at radius 2 is 1.77 bits per heavy atom. The molecule has 35 heavy (non-hydrogen) atoms. The van der Waals surface area contributed by atoms with Gasteiger partial charge in [-0.25, -0.2) is 5.01 Å². The van der Waals surface area contributed by atoms with Gasteiger partial charge in [0, 0.05) is 26.5 Å². The molecular weight excluding hydrogens is 446 g/mol. The van der Waals surface area contributed by atoms with Crippen LogP contribution in [0.3, 0.4) is 0 Å². The Bertz CT molecular complexity index is 1100. The molecule has 0 aromatic heterocycles. The van der Waals surface area contributed by atoms with E-state index < -0.39 is 0 Å². The average molecular weight is 482 g/mol. The third-order valence-corrected chi connectivity index (χ3v) is 6.35. The van der Waals surface area contributed by atoms with Gasteiger partial charge in [-0.15, -0.1) is 0 Å². The fourth-order valence-corrected chi connectivity index (χ4v) is 4.11. The largest absolute Gasteiger partial charge is 0.493 e. The van der Waals surface area contributed by atoms with Crippen molar-refractivity contribution >= 4 is 17.5 Å². The summed E-state index contributed by atoms with van der Waals surface area (Å²) in [6, 6.07) is 11.5. The summed E-state index contributed by atoms with van der Waals surface area (Å²) in [4.78, 5) is 27.5. The van der Waals surface area contributed by atoms with Gasteiger partial charge in [0.2, 0.25) is 5.91 Å². The van der Waals surface area contributed by atoms with Crippen molar-refractivity contribution in [3.05, 3.63) is 58.7 Å². The van der Waals surface area contributed by atoms with Crippen LogP contribution in [0.5, 0.6) is 11.5 Å². The Labute approximate surface area is 207 Å². The van der Waals surface area contributed by atoms with Crippen LogP contribution in [0.1, 0.15) is 48.1 Å². The smallest absolute Gasteiger partial charge is 0.262 e. The second-order valence-corrected chi connectivity index (χ2v) is 8.58. The highest BCUT2D eigenvalue weighted by Gasteiger charge is 2.34. The molecule has 0 unspecified atom stereocenters. The van der Waals surface area contributed by atoms with E-state index in [1.54, 1.807) is 28.3 Å². The second-order valence-electron chi connectivity index (χ2n) is 8.58. The zero-order valence-electron chi connectivity index (χ0n) is 21.5. The molecular formula is C27H35N3O5. The van der Waals surface area contributed by atoms with Crippen LogP contribution < -0.4 is 9.47 Å². The van der Waals surface area contributed by atoms with Gasteiger partial charge in [0.25, 0.3) is 5.91 Å². The first-order valence-corrected chi connectivity index (χ1v) is 11.8. The molecule has 0 spiro atoms. The van der Waals surface area contributed by atoms with E-state index in [0.29, 0.717) is 37.5 Å². The number of hydrogen-bond donors (Lipinski definition) is 0. The zero-order chi connectivity index (χ0) is 25.5. The molecule has 1 aliphatic heterocycles. The standard InChI is InChI=1S/C27H35N3O5/c1-7-26(31)29(12-13-33-4)17-27(32)30-23(21-10-11-24(34-5)25(15-21)35-6)16-22(28-30)20-9-8-18(2)19(3)14-20/h8-11,14-15,23H,7,12-13,16-17H2,1-6H3/t23-/m0/s1. The van der Waals surface area contributed by atoms with Crippen molar-refractivity contribution in [1.82, 2.24) is 9.91 Å².